The summed E-state index contributed by atoms with van der Waals surface area (Å²) in [5.74, 6) is 0.845. The Kier molecular flexibility index (Phi) is 6.39. The van der Waals surface area contributed by atoms with E-state index in [0.717, 1.165) is 5.56 Å². The minimum atomic E-state index is -0.252. The van der Waals surface area contributed by atoms with E-state index in [9.17, 15) is 9.59 Å². The summed E-state index contributed by atoms with van der Waals surface area (Å²) in [4.78, 5) is 24.9. The maximum atomic E-state index is 11.9. The molecule has 0 aliphatic carbocycles. The molecule has 2 aromatic carbocycles. The van der Waals surface area contributed by atoms with Crippen LogP contribution in [-0.2, 0) is 9.59 Å². The fraction of sp³-hybridized carbons (Fsp3) is 0.263. The third kappa shape index (κ3) is 6.18. The molecule has 0 aliphatic heterocycles. The first kappa shape index (κ1) is 18.3. The van der Waals surface area contributed by atoms with Crippen LogP contribution in [0.1, 0.15) is 5.56 Å². The van der Waals surface area contributed by atoms with Crippen molar-refractivity contribution in [1.29, 1.82) is 0 Å². The maximum Gasteiger partial charge on any atom is 0.262 e. The summed E-state index contributed by atoms with van der Waals surface area (Å²) < 4.78 is 10.8. The number of hydrogen-bond acceptors (Lipinski definition) is 4. The number of amides is 2. The van der Waals surface area contributed by atoms with Crippen molar-refractivity contribution in [2.75, 3.05) is 32.6 Å². The number of rotatable bonds is 7. The van der Waals surface area contributed by atoms with Crippen molar-refractivity contribution >= 4 is 17.5 Å². The minimum Gasteiger partial charge on any atom is -0.484 e. The Labute approximate surface area is 147 Å². The van der Waals surface area contributed by atoms with Gasteiger partial charge in [-0.1, -0.05) is 12.1 Å². The Morgan fingerprint density at radius 3 is 2.28 bits per heavy atom. The fourth-order valence-electron chi connectivity index (χ4n) is 1.96. The quantitative estimate of drug-likeness (QED) is 0.839. The van der Waals surface area contributed by atoms with Crippen LogP contribution in [-0.4, -0.2) is 44.0 Å². The van der Waals surface area contributed by atoms with Gasteiger partial charge in [-0.2, -0.15) is 0 Å². The van der Waals surface area contributed by atoms with E-state index < -0.39 is 0 Å². The number of hydrogen-bond donors (Lipinski definition) is 1. The van der Waals surface area contributed by atoms with Crippen LogP contribution in [0.15, 0.2) is 48.5 Å². The van der Waals surface area contributed by atoms with Crippen LogP contribution in [0.25, 0.3) is 0 Å². The molecule has 6 heteroatoms. The predicted molar refractivity (Wildman–Crippen MR) is 95.9 cm³/mol. The summed E-state index contributed by atoms with van der Waals surface area (Å²) in [7, 11) is 3.34. The second kappa shape index (κ2) is 8.73. The van der Waals surface area contributed by atoms with Gasteiger partial charge in [-0.15, -0.1) is 0 Å². The second-order valence-corrected chi connectivity index (χ2v) is 5.75. The van der Waals surface area contributed by atoms with Gasteiger partial charge in [-0.25, -0.2) is 0 Å². The van der Waals surface area contributed by atoms with Crippen molar-refractivity contribution < 1.29 is 19.1 Å². The van der Waals surface area contributed by atoms with Crippen molar-refractivity contribution in [3.8, 4) is 11.5 Å². The van der Waals surface area contributed by atoms with Crippen LogP contribution in [0, 0.1) is 6.92 Å². The van der Waals surface area contributed by atoms with Gasteiger partial charge in [0.25, 0.3) is 11.8 Å². The first-order valence-corrected chi connectivity index (χ1v) is 7.86. The van der Waals surface area contributed by atoms with E-state index in [1.165, 1.54) is 4.90 Å². The zero-order valence-corrected chi connectivity index (χ0v) is 14.6. The number of nitrogens with zero attached hydrogens (tertiary/aromatic N) is 1. The molecular formula is C19H22N2O4. The van der Waals surface area contributed by atoms with Crippen LogP contribution in [0.2, 0.25) is 0 Å². The zero-order valence-electron chi connectivity index (χ0n) is 14.6. The number of aryl methyl sites for hydroxylation is 1. The lowest BCUT2D eigenvalue weighted by Gasteiger charge is -2.12. The number of carbonyl (C=O) groups is 2. The second-order valence-electron chi connectivity index (χ2n) is 5.75. The van der Waals surface area contributed by atoms with E-state index in [0.29, 0.717) is 17.2 Å². The number of carbonyl (C=O) groups excluding carboxylic acids is 2. The highest BCUT2D eigenvalue weighted by Gasteiger charge is 2.06. The highest BCUT2D eigenvalue weighted by atomic mass is 16.5. The van der Waals surface area contributed by atoms with Crippen LogP contribution < -0.4 is 14.8 Å². The van der Waals surface area contributed by atoms with E-state index in [1.54, 1.807) is 44.4 Å². The summed E-state index contributed by atoms with van der Waals surface area (Å²) in [6.07, 6.45) is 0. The molecule has 0 saturated carbocycles. The molecule has 6 nitrogen and oxygen atoms in total. The van der Waals surface area contributed by atoms with Crippen molar-refractivity contribution in [1.82, 2.24) is 4.90 Å². The summed E-state index contributed by atoms with van der Waals surface area (Å²) in [6, 6.07) is 14.3. The van der Waals surface area contributed by atoms with Gasteiger partial charge in [-0.3, -0.25) is 9.59 Å². The smallest absolute Gasteiger partial charge is 0.262 e. The van der Waals surface area contributed by atoms with E-state index >= 15 is 0 Å². The average molecular weight is 342 g/mol. The van der Waals surface area contributed by atoms with Crippen LogP contribution in [0.4, 0.5) is 5.69 Å². The normalized spacial score (nSPS) is 10.0. The van der Waals surface area contributed by atoms with Crippen molar-refractivity contribution in [3.63, 3.8) is 0 Å². The van der Waals surface area contributed by atoms with Crippen LogP contribution in [0.3, 0.4) is 0 Å². The molecule has 0 atom stereocenters. The Morgan fingerprint density at radius 2 is 1.64 bits per heavy atom. The molecule has 0 unspecified atom stereocenters. The van der Waals surface area contributed by atoms with Gasteiger partial charge in [0.1, 0.15) is 11.5 Å². The van der Waals surface area contributed by atoms with E-state index in [2.05, 4.69) is 5.32 Å². The first-order chi connectivity index (χ1) is 11.9. The Balaban J connectivity index is 1.80. The van der Waals surface area contributed by atoms with Crippen molar-refractivity contribution in [2.45, 2.75) is 6.92 Å². The van der Waals surface area contributed by atoms with E-state index in [-0.39, 0.29) is 25.0 Å². The van der Waals surface area contributed by atoms with Gasteiger partial charge in [0.15, 0.2) is 13.2 Å². The van der Waals surface area contributed by atoms with Crippen LogP contribution in [0.5, 0.6) is 11.5 Å². The van der Waals surface area contributed by atoms with Gasteiger partial charge in [0, 0.05) is 19.8 Å². The summed E-state index contributed by atoms with van der Waals surface area (Å²) in [6.45, 7) is 1.87. The third-order valence-electron chi connectivity index (χ3n) is 3.36. The monoisotopic (exact) mass is 342 g/mol. The topological polar surface area (TPSA) is 67.9 Å². The van der Waals surface area contributed by atoms with Crippen LogP contribution >= 0.6 is 0 Å². The van der Waals surface area contributed by atoms with Gasteiger partial charge >= 0.3 is 0 Å². The largest absolute Gasteiger partial charge is 0.484 e. The van der Waals surface area contributed by atoms with E-state index in [4.69, 9.17) is 9.47 Å². The molecule has 132 valence electrons. The molecule has 0 aliphatic rings. The maximum absolute atomic E-state index is 11.9. The summed E-state index contributed by atoms with van der Waals surface area (Å²) in [5.41, 5.74) is 1.70. The lowest BCUT2D eigenvalue weighted by Crippen LogP contribution is -2.27. The Hall–Kier alpha value is -3.02. The highest BCUT2D eigenvalue weighted by molar-refractivity contribution is 5.91. The molecule has 2 aromatic rings. The van der Waals surface area contributed by atoms with Gasteiger partial charge < -0.3 is 19.7 Å². The highest BCUT2D eigenvalue weighted by Crippen LogP contribution is 2.16. The Bertz CT molecular complexity index is 726. The minimum absolute atomic E-state index is 0.0248. The van der Waals surface area contributed by atoms with Gasteiger partial charge in [0.05, 0.1) is 0 Å². The summed E-state index contributed by atoms with van der Waals surface area (Å²) >= 11 is 0. The van der Waals surface area contributed by atoms with Crippen molar-refractivity contribution in [3.05, 3.63) is 54.1 Å². The molecule has 0 aromatic heterocycles. The first-order valence-electron chi connectivity index (χ1n) is 7.86. The lowest BCUT2D eigenvalue weighted by atomic mass is 10.2. The Morgan fingerprint density at radius 1 is 0.960 bits per heavy atom. The van der Waals surface area contributed by atoms with Gasteiger partial charge in [-0.05, 0) is 48.9 Å². The lowest BCUT2D eigenvalue weighted by molar-refractivity contribution is -0.130. The standard InChI is InChI=1S/C19H22N2O4/c1-14-5-4-6-17(11-14)24-12-18(22)20-15-7-9-16(10-8-15)25-13-19(23)21(2)3/h4-11H,12-13H2,1-3H3,(H,20,22). The molecule has 0 saturated heterocycles. The number of nitrogens with one attached hydrogen (secondary N) is 1. The molecule has 0 spiro atoms. The molecule has 2 rings (SSSR count). The molecular weight excluding hydrogens is 320 g/mol. The molecule has 2 amide bonds. The third-order valence-corrected chi connectivity index (χ3v) is 3.36. The average Bonchev–Trinajstić information content (AvgIpc) is 2.59. The number of anilines is 1. The number of ether oxygens (including phenoxy) is 2. The molecule has 0 bridgehead atoms. The molecule has 0 heterocycles. The molecule has 0 fully saturated rings. The van der Waals surface area contributed by atoms with Crippen molar-refractivity contribution in [2.24, 2.45) is 0 Å². The number of likely N-dealkylation sites (N-methyl/N-ethyl adjacent to an activating group) is 1. The molecule has 25 heavy (non-hydrogen) atoms. The fourth-order valence-corrected chi connectivity index (χ4v) is 1.96. The molecule has 1 N–H and O–H groups in total. The SMILES string of the molecule is Cc1cccc(OCC(=O)Nc2ccc(OCC(=O)N(C)C)cc2)c1. The van der Waals surface area contributed by atoms with Gasteiger partial charge in [0.2, 0.25) is 0 Å². The summed E-state index contributed by atoms with van der Waals surface area (Å²) in [5, 5.41) is 2.74. The zero-order chi connectivity index (χ0) is 18.2. The predicted octanol–water partition coefficient (Wildman–Crippen LogP) is 2.48. The van der Waals surface area contributed by atoms with E-state index in [1.807, 2.05) is 25.1 Å². The molecule has 0 radical (unpaired) electrons. The number of benzene rings is 2.